The van der Waals surface area contributed by atoms with E-state index in [0.717, 1.165) is 23.4 Å². The molecule has 18 heavy (non-hydrogen) atoms. The average molecular weight is 310 g/mol. The molecular weight excluding hydrogens is 294 g/mol. The van der Waals surface area contributed by atoms with E-state index >= 15 is 0 Å². The average Bonchev–Trinajstić information content (AvgIpc) is 3.18. The van der Waals surface area contributed by atoms with E-state index in [-0.39, 0.29) is 0 Å². The molecule has 6 heteroatoms. The third-order valence-corrected chi connectivity index (χ3v) is 3.34. The van der Waals surface area contributed by atoms with Crippen molar-refractivity contribution in [1.82, 2.24) is 9.97 Å². The Labute approximate surface area is 115 Å². The lowest BCUT2D eigenvalue weighted by Gasteiger charge is -2.23. The Morgan fingerprint density at radius 2 is 2.39 bits per heavy atom. The molecule has 0 atom stereocenters. The highest BCUT2D eigenvalue weighted by molar-refractivity contribution is 9.10. The molecule has 0 radical (unpaired) electrons. The van der Waals surface area contributed by atoms with Gasteiger partial charge in [0.1, 0.15) is 5.82 Å². The molecule has 1 aliphatic rings. The molecule has 0 spiro atoms. The van der Waals surface area contributed by atoms with Crippen LogP contribution in [-0.4, -0.2) is 29.1 Å². The molecule has 1 aromatic heterocycles. The summed E-state index contributed by atoms with van der Waals surface area (Å²) in [4.78, 5) is 10.9. The van der Waals surface area contributed by atoms with Crippen LogP contribution in [0.1, 0.15) is 26.2 Å². The summed E-state index contributed by atoms with van der Waals surface area (Å²) >= 11 is 3.49. The van der Waals surface area contributed by atoms with Crippen molar-refractivity contribution in [2.75, 3.05) is 23.3 Å². The van der Waals surface area contributed by atoms with E-state index in [4.69, 9.17) is 5.26 Å². The molecular formula is C12H16BrN5. The van der Waals surface area contributed by atoms with E-state index in [1.165, 1.54) is 12.8 Å². The number of anilines is 2. The summed E-state index contributed by atoms with van der Waals surface area (Å²) in [6.07, 6.45) is 4.64. The van der Waals surface area contributed by atoms with Gasteiger partial charge in [-0.15, -0.1) is 0 Å². The van der Waals surface area contributed by atoms with Crippen LogP contribution < -0.4 is 10.2 Å². The van der Waals surface area contributed by atoms with Crippen LogP contribution >= 0.6 is 15.9 Å². The van der Waals surface area contributed by atoms with E-state index in [2.05, 4.69) is 42.2 Å². The van der Waals surface area contributed by atoms with Gasteiger partial charge in [-0.1, -0.05) is 0 Å². The molecule has 1 aliphatic carbocycles. The first-order valence-electron chi connectivity index (χ1n) is 6.16. The van der Waals surface area contributed by atoms with Gasteiger partial charge in [-0.3, -0.25) is 0 Å². The second kappa shape index (κ2) is 6.01. The van der Waals surface area contributed by atoms with Gasteiger partial charge >= 0.3 is 0 Å². The number of nitriles is 1. The molecule has 0 unspecified atom stereocenters. The van der Waals surface area contributed by atoms with Crippen LogP contribution in [0.15, 0.2) is 10.7 Å². The van der Waals surface area contributed by atoms with Crippen molar-refractivity contribution in [3.63, 3.8) is 0 Å². The normalized spacial score (nSPS) is 14.1. The van der Waals surface area contributed by atoms with Gasteiger partial charge in [-0.25, -0.2) is 4.98 Å². The van der Waals surface area contributed by atoms with E-state index in [1.54, 1.807) is 6.20 Å². The monoisotopic (exact) mass is 309 g/mol. The zero-order valence-corrected chi connectivity index (χ0v) is 11.9. The summed E-state index contributed by atoms with van der Waals surface area (Å²) in [6.45, 7) is 3.53. The van der Waals surface area contributed by atoms with Crippen LogP contribution in [0.5, 0.6) is 0 Å². The molecule has 0 amide bonds. The number of rotatable bonds is 6. The van der Waals surface area contributed by atoms with Crippen molar-refractivity contribution in [3.8, 4) is 6.07 Å². The highest BCUT2D eigenvalue weighted by Crippen LogP contribution is 2.34. The molecule has 0 bridgehead atoms. The quantitative estimate of drug-likeness (QED) is 0.875. The first-order valence-corrected chi connectivity index (χ1v) is 6.95. The van der Waals surface area contributed by atoms with E-state index in [9.17, 15) is 0 Å². The number of nitrogens with one attached hydrogen (secondary N) is 1. The maximum atomic E-state index is 8.74. The summed E-state index contributed by atoms with van der Waals surface area (Å²) in [5.41, 5.74) is 0. The highest BCUT2D eigenvalue weighted by Gasteiger charge is 2.31. The number of aromatic nitrogens is 2. The fourth-order valence-electron chi connectivity index (χ4n) is 1.82. The van der Waals surface area contributed by atoms with Gasteiger partial charge < -0.3 is 10.2 Å². The molecule has 1 aromatic rings. The van der Waals surface area contributed by atoms with Crippen molar-refractivity contribution in [2.24, 2.45) is 0 Å². The second-order valence-electron chi connectivity index (χ2n) is 4.23. The zero-order valence-electron chi connectivity index (χ0n) is 10.4. The van der Waals surface area contributed by atoms with Crippen LogP contribution in [0, 0.1) is 11.3 Å². The Morgan fingerprint density at radius 1 is 1.61 bits per heavy atom. The van der Waals surface area contributed by atoms with E-state index < -0.39 is 0 Å². The minimum absolute atomic E-state index is 0.517. The Bertz CT molecular complexity index is 452. The predicted octanol–water partition coefficient (Wildman–Crippen LogP) is 2.55. The predicted molar refractivity (Wildman–Crippen MR) is 74.5 cm³/mol. The van der Waals surface area contributed by atoms with Crippen LogP contribution in [0.2, 0.25) is 0 Å². The third kappa shape index (κ3) is 3.10. The minimum Gasteiger partial charge on any atom is -0.354 e. The molecule has 1 saturated carbocycles. The Balaban J connectivity index is 2.22. The molecule has 0 aliphatic heterocycles. The maximum Gasteiger partial charge on any atom is 0.224 e. The van der Waals surface area contributed by atoms with Gasteiger partial charge in [-0.05, 0) is 35.7 Å². The summed E-state index contributed by atoms with van der Waals surface area (Å²) in [5, 5.41) is 11.8. The highest BCUT2D eigenvalue weighted by atomic mass is 79.9. The van der Waals surface area contributed by atoms with Crippen molar-refractivity contribution in [2.45, 2.75) is 32.2 Å². The molecule has 1 fully saturated rings. The lowest BCUT2D eigenvalue weighted by Crippen LogP contribution is -2.28. The van der Waals surface area contributed by atoms with Crippen LogP contribution in [0.3, 0.4) is 0 Å². The van der Waals surface area contributed by atoms with Crippen molar-refractivity contribution >= 4 is 27.7 Å². The molecule has 96 valence electrons. The van der Waals surface area contributed by atoms with E-state index in [0.29, 0.717) is 18.4 Å². The minimum atomic E-state index is 0.517. The van der Waals surface area contributed by atoms with Crippen molar-refractivity contribution in [1.29, 1.82) is 5.26 Å². The Hall–Kier alpha value is -1.35. The summed E-state index contributed by atoms with van der Waals surface area (Å²) in [7, 11) is 0. The number of halogens is 1. The van der Waals surface area contributed by atoms with Gasteiger partial charge in [0.15, 0.2) is 0 Å². The molecule has 2 rings (SSSR count). The largest absolute Gasteiger partial charge is 0.354 e. The van der Waals surface area contributed by atoms with E-state index in [1.807, 2.05) is 6.92 Å². The van der Waals surface area contributed by atoms with Gasteiger partial charge in [0, 0.05) is 25.3 Å². The standard InChI is InChI=1S/C12H16BrN5/c1-2-15-12-16-8-10(13)11(17-12)18(7-3-6-14)9-4-5-9/h8-9H,2-5,7H2,1H3,(H,15,16,17). The molecule has 5 nitrogen and oxygen atoms in total. The smallest absolute Gasteiger partial charge is 0.224 e. The Kier molecular flexibility index (Phi) is 4.37. The van der Waals surface area contributed by atoms with Gasteiger partial charge in [0.25, 0.3) is 0 Å². The van der Waals surface area contributed by atoms with Gasteiger partial charge in [-0.2, -0.15) is 10.2 Å². The van der Waals surface area contributed by atoms with Crippen molar-refractivity contribution in [3.05, 3.63) is 10.7 Å². The van der Waals surface area contributed by atoms with Crippen LogP contribution in [0.25, 0.3) is 0 Å². The summed E-state index contributed by atoms with van der Waals surface area (Å²) in [5.74, 6) is 1.53. The summed E-state index contributed by atoms with van der Waals surface area (Å²) in [6, 6.07) is 2.72. The SMILES string of the molecule is CCNc1ncc(Br)c(N(CCC#N)C2CC2)n1. The van der Waals surface area contributed by atoms with Gasteiger partial charge in [0.2, 0.25) is 5.95 Å². The lowest BCUT2D eigenvalue weighted by atomic mass is 10.3. The second-order valence-corrected chi connectivity index (χ2v) is 5.08. The van der Waals surface area contributed by atoms with Gasteiger partial charge in [0.05, 0.1) is 17.0 Å². The number of hydrogen-bond acceptors (Lipinski definition) is 5. The number of hydrogen-bond donors (Lipinski definition) is 1. The number of nitrogens with zero attached hydrogens (tertiary/aromatic N) is 4. The fraction of sp³-hybridized carbons (Fsp3) is 0.583. The zero-order chi connectivity index (χ0) is 13.0. The molecule has 1 N–H and O–H groups in total. The first kappa shape index (κ1) is 13.1. The van der Waals surface area contributed by atoms with Crippen LogP contribution in [0.4, 0.5) is 11.8 Å². The Morgan fingerprint density at radius 3 is 3.00 bits per heavy atom. The molecule has 0 saturated heterocycles. The van der Waals surface area contributed by atoms with Crippen LogP contribution in [-0.2, 0) is 0 Å². The molecule has 0 aromatic carbocycles. The fourth-order valence-corrected chi connectivity index (χ4v) is 2.24. The van der Waals surface area contributed by atoms with Crippen molar-refractivity contribution < 1.29 is 0 Å². The maximum absolute atomic E-state index is 8.74. The summed E-state index contributed by atoms with van der Waals surface area (Å²) < 4.78 is 0.883. The molecule has 1 heterocycles. The third-order valence-electron chi connectivity index (χ3n) is 2.78. The first-order chi connectivity index (χ1) is 8.76. The topological polar surface area (TPSA) is 64.8 Å². The lowest BCUT2D eigenvalue weighted by molar-refractivity contribution is 0.773.